The Bertz CT molecular complexity index is 261. The van der Waals surface area contributed by atoms with E-state index < -0.39 is 0 Å². The minimum Gasteiger partial charge on any atom is -0.318 e. The molecule has 0 aliphatic carbocycles. The summed E-state index contributed by atoms with van der Waals surface area (Å²) in [5, 5.41) is 11.8. The summed E-state index contributed by atoms with van der Waals surface area (Å²) in [5.41, 5.74) is 1.08. The van der Waals surface area contributed by atoms with Gasteiger partial charge in [0, 0.05) is 6.54 Å². The van der Waals surface area contributed by atoms with Gasteiger partial charge in [-0.3, -0.25) is 0 Å². The van der Waals surface area contributed by atoms with Gasteiger partial charge >= 0.3 is 0 Å². The molecule has 0 spiro atoms. The van der Waals surface area contributed by atoms with Crippen molar-refractivity contribution in [1.82, 2.24) is 5.32 Å². The molecule has 0 radical (unpaired) electrons. The fraction of sp³-hybridized carbons (Fsp3) is 0.300. The minimum atomic E-state index is -0.0313. The number of hydrogen-bond acceptors (Lipinski definition) is 2. The van der Waals surface area contributed by atoms with Crippen LogP contribution in [0.5, 0.6) is 0 Å². The van der Waals surface area contributed by atoms with Gasteiger partial charge in [0.1, 0.15) is 0 Å². The zero-order valence-electron chi connectivity index (χ0n) is 7.12. The van der Waals surface area contributed by atoms with Crippen molar-refractivity contribution in [1.29, 1.82) is 5.26 Å². The lowest BCUT2D eigenvalue weighted by atomic mass is 10.0. The molecule has 0 aromatic heterocycles. The molecule has 1 rings (SSSR count). The van der Waals surface area contributed by atoms with Crippen LogP contribution in [-0.2, 0) is 0 Å². The van der Waals surface area contributed by atoms with Gasteiger partial charge in [-0.25, -0.2) is 0 Å². The molecule has 0 bridgehead atoms. The van der Waals surface area contributed by atoms with Gasteiger partial charge in [-0.1, -0.05) is 30.3 Å². The number of nitrogens with zero attached hydrogens (tertiary/aromatic N) is 1. The van der Waals surface area contributed by atoms with Crippen molar-refractivity contribution >= 4 is 0 Å². The average molecular weight is 160 g/mol. The fourth-order valence-electron chi connectivity index (χ4n) is 1.13. The second-order valence-electron chi connectivity index (χ2n) is 2.65. The van der Waals surface area contributed by atoms with Gasteiger partial charge in [0.15, 0.2) is 0 Å². The molecule has 1 aromatic carbocycles. The van der Waals surface area contributed by atoms with E-state index in [4.69, 9.17) is 5.26 Å². The van der Waals surface area contributed by atoms with Crippen LogP contribution in [0.2, 0.25) is 0 Å². The molecule has 0 aliphatic rings. The van der Waals surface area contributed by atoms with Gasteiger partial charge in [0.25, 0.3) is 0 Å². The third-order valence-electron chi connectivity index (χ3n) is 1.77. The minimum absolute atomic E-state index is 0.0313. The molecule has 62 valence electrons. The predicted octanol–water partition coefficient (Wildman–Crippen LogP) is 1.51. The summed E-state index contributed by atoms with van der Waals surface area (Å²) < 4.78 is 0. The Hall–Kier alpha value is -1.33. The molecule has 1 N–H and O–H groups in total. The van der Waals surface area contributed by atoms with Gasteiger partial charge in [-0.05, 0) is 12.6 Å². The van der Waals surface area contributed by atoms with E-state index in [1.54, 1.807) is 0 Å². The zero-order chi connectivity index (χ0) is 8.81. The summed E-state index contributed by atoms with van der Waals surface area (Å²) in [7, 11) is 1.85. The van der Waals surface area contributed by atoms with Crippen LogP contribution in [-0.4, -0.2) is 13.6 Å². The monoisotopic (exact) mass is 160 g/mol. The molecule has 0 amide bonds. The molecule has 2 nitrogen and oxygen atoms in total. The van der Waals surface area contributed by atoms with E-state index in [2.05, 4.69) is 11.4 Å². The molecule has 0 saturated heterocycles. The van der Waals surface area contributed by atoms with Gasteiger partial charge < -0.3 is 5.32 Å². The average Bonchev–Trinajstić information content (AvgIpc) is 2.15. The predicted molar refractivity (Wildman–Crippen MR) is 48.7 cm³/mol. The van der Waals surface area contributed by atoms with Gasteiger partial charge in [0.2, 0.25) is 0 Å². The molecule has 0 saturated carbocycles. The van der Waals surface area contributed by atoms with Crippen molar-refractivity contribution in [2.75, 3.05) is 13.6 Å². The highest BCUT2D eigenvalue weighted by atomic mass is 14.8. The first-order valence-electron chi connectivity index (χ1n) is 3.97. The fourth-order valence-corrected chi connectivity index (χ4v) is 1.13. The number of rotatable bonds is 3. The van der Waals surface area contributed by atoms with E-state index in [0.29, 0.717) is 6.54 Å². The molecule has 1 atom stereocenters. The Kier molecular flexibility index (Phi) is 3.31. The quantitative estimate of drug-likeness (QED) is 0.727. The Balaban J connectivity index is 2.75. The Morgan fingerprint density at radius 1 is 1.42 bits per heavy atom. The standard InChI is InChI=1S/C10H12N2/c1-12-8-10(7-11)9-5-3-2-4-6-9/h2-6,10,12H,8H2,1H3. The maximum atomic E-state index is 8.82. The molecule has 2 heteroatoms. The molecular weight excluding hydrogens is 148 g/mol. The highest BCUT2D eigenvalue weighted by molar-refractivity contribution is 5.24. The van der Waals surface area contributed by atoms with E-state index in [-0.39, 0.29) is 5.92 Å². The molecular formula is C10H12N2. The summed E-state index contributed by atoms with van der Waals surface area (Å²) in [4.78, 5) is 0. The van der Waals surface area contributed by atoms with Crippen molar-refractivity contribution in [3.63, 3.8) is 0 Å². The van der Waals surface area contributed by atoms with Crippen LogP contribution in [0.1, 0.15) is 11.5 Å². The SMILES string of the molecule is CNCC(C#N)c1ccccc1. The first-order chi connectivity index (χ1) is 5.88. The van der Waals surface area contributed by atoms with E-state index in [0.717, 1.165) is 5.56 Å². The highest BCUT2D eigenvalue weighted by Gasteiger charge is 2.07. The normalized spacial score (nSPS) is 12.0. The summed E-state index contributed by atoms with van der Waals surface area (Å²) in [5.74, 6) is -0.0313. The van der Waals surface area contributed by atoms with Crippen molar-refractivity contribution in [3.8, 4) is 6.07 Å². The maximum Gasteiger partial charge on any atom is 0.0837 e. The smallest absolute Gasteiger partial charge is 0.0837 e. The van der Waals surface area contributed by atoms with Crippen LogP contribution >= 0.6 is 0 Å². The van der Waals surface area contributed by atoms with Crippen molar-refractivity contribution in [2.24, 2.45) is 0 Å². The van der Waals surface area contributed by atoms with Gasteiger partial charge in [0.05, 0.1) is 12.0 Å². The van der Waals surface area contributed by atoms with Gasteiger partial charge in [-0.15, -0.1) is 0 Å². The summed E-state index contributed by atoms with van der Waals surface area (Å²) in [6, 6.07) is 12.1. The third kappa shape index (κ3) is 2.08. The lowest BCUT2D eigenvalue weighted by molar-refractivity contribution is 0.734. The highest BCUT2D eigenvalue weighted by Crippen LogP contribution is 2.12. The van der Waals surface area contributed by atoms with Crippen molar-refractivity contribution in [2.45, 2.75) is 5.92 Å². The molecule has 0 fully saturated rings. The number of nitrogens with one attached hydrogen (secondary N) is 1. The van der Waals surface area contributed by atoms with E-state index in [1.807, 2.05) is 37.4 Å². The second-order valence-corrected chi connectivity index (χ2v) is 2.65. The summed E-state index contributed by atoms with van der Waals surface area (Å²) in [6.07, 6.45) is 0. The van der Waals surface area contributed by atoms with Crippen LogP contribution in [0.4, 0.5) is 0 Å². The molecule has 1 unspecified atom stereocenters. The van der Waals surface area contributed by atoms with E-state index in [9.17, 15) is 0 Å². The van der Waals surface area contributed by atoms with Crippen LogP contribution in [0.25, 0.3) is 0 Å². The Labute approximate surface area is 72.8 Å². The van der Waals surface area contributed by atoms with Crippen molar-refractivity contribution < 1.29 is 0 Å². The molecule has 12 heavy (non-hydrogen) atoms. The van der Waals surface area contributed by atoms with Crippen LogP contribution in [0.3, 0.4) is 0 Å². The molecule has 1 aromatic rings. The van der Waals surface area contributed by atoms with E-state index >= 15 is 0 Å². The second kappa shape index (κ2) is 4.53. The van der Waals surface area contributed by atoms with Gasteiger partial charge in [-0.2, -0.15) is 5.26 Å². The Morgan fingerprint density at radius 3 is 2.58 bits per heavy atom. The molecule has 0 heterocycles. The first-order valence-corrected chi connectivity index (χ1v) is 3.97. The van der Waals surface area contributed by atoms with Crippen molar-refractivity contribution in [3.05, 3.63) is 35.9 Å². The lowest BCUT2D eigenvalue weighted by Gasteiger charge is -2.07. The largest absolute Gasteiger partial charge is 0.318 e. The number of likely N-dealkylation sites (N-methyl/N-ethyl adjacent to an activating group) is 1. The summed E-state index contributed by atoms with van der Waals surface area (Å²) >= 11 is 0. The number of hydrogen-bond donors (Lipinski definition) is 1. The number of nitriles is 1. The summed E-state index contributed by atoms with van der Waals surface area (Å²) in [6.45, 7) is 0.709. The van der Waals surface area contributed by atoms with E-state index in [1.165, 1.54) is 0 Å². The lowest BCUT2D eigenvalue weighted by Crippen LogP contribution is -2.15. The Morgan fingerprint density at radius 2 is 2.08 bits per heavy atom. The third-order valence-corrected chi connectivity index (χ3v) is 1.77. The zero-order valence-corrected chi connectivity index (χ0v) is 7.12. The number of benzene rings is 1. The van der Waals surface area contributed by atoms with Crippen LogP contribution in [0.15, 0.2) is 30.3 Å². The topological polar surface area (TPSA) is 35.8 Å². The van der Waals surface area contributed by atoms with Crippen LogP contribution < -0.4 is 5.32 Å². The molecule has 0 aliphatic heterocycles. The van der Waals surface area contributed by atoms with Crippen LogP contribution in [0, 0.1) is 11.3 Å². The first kappa shape index (κ1) is 8.76. The maximum absolute atomic E-state index is 8.82.